The van der Waals surface area contributed by atoms with E-state index in [0.717, 1.165) is 38.8 Å². The molecule has 1 aromatic rings. The molecule has 2 N–H and O–H groups in total. The summed E-state index contributed by atoms with van der Waals surface area (Å²) in [6, 6.07) is 4.86. The highest BCUT2D eigenvalue weighted by molar-refractivity contribution is 7.86. The number of carbonyl (C=O) groups excluding carboxylic acids is 1. The van der Waals surface area contributed by atoms with Crippen molar-refractivity contribution in [2.24, 2.45) is 0 Å². The van der Waals surface area contributed by atoms with Crippen LogP contribution in [0.5, 0.6) is 0 Å². The zero-order chi connectivity index (χ0) is 15.4. The van der Waals surface area contributed by atoms with E-state index in [4.69, 9.17) is 17.3 Å². The van der Waals surface area contributed by atoms with Gasteiger partial charge < -0.3 is 10.6 Å². The number of hydrogen-bond donors (Lipinski definition) is 1. The third-order valence-corrected chi connectivity index (χ3v) is 5.82. The summed E-state index contributed by atoms with van der Waals surface area (Å²) in [6.07, 6.45) is 4.35. The Morgan fingerprint density at radius 3 is 2.52 bits per heavy atom. The Morgan fingerprint density at radius 2 is 1.90 bits per heavy atom. The fraction of sp³-hybridized carbons (Fsp3) is 0.533. The topological polar surface area (TPSA) is 63.4 Å². The highest BCUT2D eigenvalue weighted by atomic mass is 35.5. The number of rotatable bonds is 3. The molecule has 2 atom stereocenters. The van der Waals surface area contributed by atoms with Crippen LogP contribution in [0.15, 0.2) is 23.1 Å². The van der Waals surface area contributed by atoms with Crippen LogP contribution in [-0.2, 0) is 15.6 Å². The monoisotopic (exact) mass is 328 g/mol. The molecule has 1 aliphatic heterocycles. The molecule has 4 nitrogen and oxygen atoms in total. The van der Waals surface area contributed by atoms with Crippen molar-refractivity contribution in [2.45, 2.75) is 42.8 Å². The summed E-state index contributed by atoms with van der Waals surface area (Å²) in [6.45, 7) is 3.21. The first-order valence-electron chi connectivity index (χ1n) is 7.25. The molecule has 2 unspecified atom stereocenters. The van der Waals surface area contributed by atoms with Crippen LogP contribution in [0.25, 0.3) is 0 Å². The average molecular weight is 329 g/mol. The molecule has 6 heteroatoms. The lowest BCUT2D eigenvalue weighted by Crippen LogP contribution is -2.40. The molecule has 21 heavy (non-hydrogen) atoms. The normalized spacial score (nSPS) is 18.9. The number of benzene rings is 1. The lowest BCUT2D eigenvalue weighted by molar-refractivity contribution is -0.130. The first kappa shape index (κ1) is 16.3. The maximum Gasteiger partial charge on any atom is 0.238 e. The van der Waals surface area contributed by atoms with Gasteiger partial charge in [0.2, 0.25) is 5.91 Å². The van der Waals surface area contributed by atoms with Crippen molar-refractivity contribution in [1.29, 1.82) is 0 Å². The molecule has 1 heterocycles. The number of halogens is 1. The van der Waals surface area contributed by atoms with Gasteiger partial charge in [0.25, 0.3) is 0 Å². The van der Waals surface area contributed by atoms with Crippen LogP contribution in [0.4, 0.5) is 5.69 Å². The second-order valence-electron chi connectivity index (χ2n) is 5.37. The van der Waals surface area contributed by atoms with Crippen LogP contribution in [0.2, 0.25) is 5.02 Å². The molecule has 1 aliphatic rings. The van der Waals surface area contributed by atoms with Crippen LogP contribution >= 0.6 is 11.6 Å². The summed E-state index contributed by atoms with van der Waals surface area (Å²) in [7, 11) is -1.49. The van der Waals surface area contributed by atoms with Gasteiger partial charge in [-0.3, -0.25) is 9.00 Å². The summed E-state index contributed by atoms with van der Waals surface area (Å²) < 4.78 is 12.6. The lowest BCUT2D eigenvalue weighted by atomic mass is 10.2. The van der Waals surface area contributed by atoms with Gasteiger partial charge in [-0.05, 0) is 38.0 Å². The fourth-order valence-corrected chi connectivity index (χ4v) is 4.08. The predicted octanol–water partition coefficient (Wildman–Crippen LogP) is 2.82. The third kappa shape index (κ3) is 3.98. The largest absolute Gasteiger partial charge is 0.399 e. The summed E-state index contributed by atoms with van der Waals surface area (Å²) in [5, 5.41) is -0.222. The summed E-state index contributed by atoms with van der Waals surface area (Å²) >= 11 is 6.08. The molecule has 0 bridgehead atoms. The number of amides is 1. The molecule has 0 spiro atoms. The van der Waals surface area contributed by atoms with Gasteiger partial charge in [-0.25, -0.2) is 0 Å². The first-order valence-corrected chi connectivity index (χ1v) is 8.84. The van der Waals surface area contributed by atoms with E-state index in [1.165, 1.54) is 0 Å². The van der Waals surface area contributed by atoms with Crippen LogP contribution < -0.4 is 5.73 Å². The zero-order valence-corrected chi connectivity index (χ0v) is 13.8. The van der Waals surface area contributed by atoms with Crippen molar-refractivity contribution in [3.63, 3.8) is 0 Å². The highest BCUT2D eigenvalue weighted by Gasteiger charge is 2.28. The molecular weight excluding hydrogens is 308 g/mol. The number of likely N-dealkylation sites (tertiary alicyclic amines) is 1. The molecule has 0 saturated carbocycles. The standard InChI is InChI=1S/C15H21ClN2O2S/c1-11(15(19)18-8-4-2-3-5-9-18)21(20)14-10-12(17)6-7-13(14)16/h6-7,10-11H,2-5,8-9,17H2,1H3. The Hall–Kier alpha value is -1.07. The number of anilines is 1. The molecule has 0 radical (unpaired) electrons. The van der Waals surface area contributed by atoms with Gasteiger partial charge in [0.05, 0.1) is 20.7 Å². The highest BCUT2D eigenvalue weighted by Crippen LogP contribution is 2.25. The van der Waals surface area contributed by atoms with E-state index in [1.54, 1.807) is 25.1 Å². The molecule has 1 saturated heterocycles. The number of hydrogen-bond acceptors (Lipinski definition) is 3. The van der Waals surface area contributed by atoms with Gasteiger partial charge >= 0.3 is 0 Å². The molecule has 1 fully saturated rings. The van der Waals surface area contributed by atoms with Crippen molar-refractivity contribution in [3.05, 3.63) is 23.2 Å². The second kappa shape index (κ2) is 7.27. The smallest absolute Gasteiger partial charge is 0.238 e. The average Bonchev–Trinajstić information content (AvgIpc) is 2.76. The summed E-state index contributed by atoms with van der Waals surface area (Å²) in [5.74, 6) is -0.0614. The lowest BCUT2D eigenvalue weighted by Gasteiger charge is -2.24. The number of nitrogen functional groups attached to an aromatic ring is 1. The predicted molar refractivity (Wildman–Crippen MR) is 86.8 cm³/mol. The first-order chi connectivity index (χ1) is 10.0. The van der Waals surface area contributed by atoms with E-state index >= 15 is 0 Å². The van der Waals surface area contributed by atoms with Gasteiger partial charge in [-0.15, -0.1) is 0 Å². The Balaban J connectivity index is 2.14. The molecular formula is C15H21ClN2O2S. The van der Waals surface area contributed by atoms with Crippen LogP contribution in [-0.4, -0.2) is 33.4 Å². The SMILES string of the molecule is CC(C(=O)N1CCCCCC1)S(=O)c1cc(N)ccc1Cl. The molecule has 0 aromatic heterocycles. The number of carbonyl (C=O) groups is 1. The van der Waals surface area contributed by atoms with Crippen LogP contribution in [0.1, 0.15) is 32.6 Å². The van der Waals surface area contributed by atoms with Gasteiger partial charge in [-0.2, -0.15) is 0 Å². The molecule has 116 valence electrons. The quantitative estimate of drug-likeness (QED) is 0.868. The van der Waals surface area contributed by atoms with Crippen molar-refractivity contribution >= 4 is 34.0 Å². The van der Waals surface area contributed by atoms with E-state index in [2.05, 4.69) is 0 Å². The van der Waals surface area contributed by atoms with Gasteiger partial charge in [0.1, 0.15) is 5.25 Å². The molecule has 0 aliphatic carbocycles. The Labute approximate surface area is 133 Å². The van der Waals surface area contributed by atoms with E-state index in [9.17, 15) is 9.00 Å². The van der Waals surface area contributed by atoms with Crippen LogP contribution in [0.3, 0.4) is 0 Å². The third-order valence-electron chi connectivity index (χ3n) is 3.76. The van der Waals surface area contributed by atoms with Gasteiger partial charge in [0.15, 0.2) is 0 Å². The second-order valence-corrected chi connectivity index (χ2v) is 7.52. The minimum atomic E-state index is -1.49. The fourth-order valence-electron chi connectivity index (χ4n) is 2.50. The van der Waals surface area contributed by atoms with Crippen LogP contribution in [0, 0.1) is 0 Å². The van der Waals surface area contributed by atoms with Crippen molar-refractivity contribution < 1.29 is 9.00 Å². The number of nitrogens with zero attached hydrogens (tertiary/aromatic N) is 1. The minimum Gasteiger partial charge on any atom is -0.399 e. The number of nitrogens with two attached hydrogens (primary N) is 1. The Morgan fingerprint density at radius 1 is 1.29 bits per heavy atom. The van der Waals surface area contributed by atoms with Crippen molar-refractivity contribution in [3.8, 4) is 0 Å². The molecule has 2 rings (SSSR count). The van der Waals surface area contributed by atoms with E-state index in [1.807, 2.05) is 4.90 Å². The summed E-state index contributed by atoms with van der Waals surface area (Å²) in [5.41, 5.74) is 6.21. The minimum absolute atomic E-state index is 0.0614. The Kier molecular flexibility index (Phi) is 5.65. The van der Waals surface area contributed by atoms with Gasteiger partial charge in [0, 0.05) is 18.8 Å². The maximum absolute atomic E-state index is 12.6. The molecule has 1 amide bonds. The maximum atomic E-state index is 12.6. The summed E-state index contributed by atoms with van der Waals surface area (Å²) in [4.78, 5) is 14.8. The zero-order valence-electron chi connectivity index (χ0n) is 12.2. The van der Waals surface area contributed by atoms with Gasteiger partial charge in [-0.1, -0.05) is 24.4 Å². The Bertz CT molecular complexity index is 542. The molecule has 1 aromatic carbocycles. The van der Waals surface area contributed by atoms with Crippen molar-refractivity contribution in [2.75, 3.05) is 18.8 Å². The van der Waals surface area contributed by atoms with Crippen molar-refractivity contribution in [1.82, 2.24) is 4.90 Å². The van der Waals surface area contributed by atoms with E-state index < -0.39 is 16.0 Å². The van der Waals surface area contributed by atoms with E-state index in [-0.39, 0.29) is 5.91 Å². The van der Waals surface area contributed by atoms with E-state index in [0.29, 0.717) is 15.6 Å².